The van der Waals surface area contributed by atoms with Crippen molar-refractivity contribution in [2.45, 2.75) is 20.3 Å². The molecule has 0 aliphatic heterocycles. The summed E-state index contributed by atoms with van der Waals surface area (Å²) in [7, 11) is 3.17. The van der Waals surface area contributed by atoms with Gasteiger partial charge in [-0.3, -0.25) is 9.59 Å². The van der Waals surface area contributed by atoms with Crippen LogP contribution in [-0.2, 0) is 9.59 Å². The second-order valence-electron chi connectivity index (χ2n) is 3.82. The Bertz CT molecular complexity index is 296. The van der Waals surface area contributed by atoms with Gasteiger partial charge < -0.3 is 10.2 Å². The van der Waals surface area contributed by atoms with Crippen molar-refractivity contribution < 1.29 is 9.59 Å². The number of carbonyl (C=O) groups is 2. The van der Waals surface area contributed by atoms with Gasteiger partial charge in [-0.25, -0.2) is 0 Å². The van der Waals surface area contributed by atoms with Gasteiger partial charge in [0.25, 0.3) is 0 Å². The fourth-order valence-corrected chi connectivity index (χ4v) is 1.42. The Labute approximate surface area is 96.4 Å². The molecule has 0 bridgehead atoms. The molecule has 0 heterocycles. The summed E-state index contributed by atoms with van der Waals surface area (Å²) in [6.45, 7) is 3.87. The number of nitrogens with zero attached hydrogens (tertiary/aromatic N) is 2. The number of nitriles is 1. The number of hydrogen-bond acceptors (Lipinski definition) is 3. The summed E-state index contributed by atoms with van der Waals surface area (Å²) in [5, 5.41) is 11.3. The summed E-state index contributed by atoms with van der Waals surface area (Å²) in [4.78, 5) is 24.4. The summed E-state index contributed by atoms with van der Waals surface area (Å²) in [6.07, 6.45) is 0.494. The third-order valence-corrected chi connectivity index (χ3v) is 2.48. The molecule has 0 aromatic rings. The van der Waals surface area contributed by atoms with E-state index < -0.39 is 5.92 Å². The predicted molar refractivity (Wildman–Crippen MR) is 60.3 cm³/mol. The number of amides is 2. The number of hydrogen-bond donors (Lipinski definition) is 1. The van der Waals surface area contributed by atoms with Crippen molar-refractivity contribution >= 4 is 11.8 Å². The lowest BCUT2D eigenvalue weighted by atomic mass is 10.1. The fourth-order valence-electron chi connectivity index (χ4n) is 1.42. The van der Waals surface area contributed by atoms with Crippen molar-refractivity contribution in [2.75, 3.05) is 20.6 Å². The molecule has 0 aromatic carbocycles. The van der Waals surface area contributed by atoms with E-state index in [1.807, 2.05) is 6.07 Å². The van der Waals surface area contributed by atoms with Gasteiger partial charge in [-0.1, -0.05) is 13.8 Å². The second-order valence-corrected chi connectivity index (χ2v) is 3.82. The summed E-state index contributed by atoms with van der Waals surface area (Å²) < 4.78 is 0. The van der Waals surface area contributed by atoms with E-state index in [-0.39, 0.29) is 17.7 Å². The lowest BCUT2D eigenvalue weighted by molar-refractivity contribution is -0.134. The van der Waals surface area contributed by atoms with Gasteiger partial charge in [0, 0.05) is 20.6 Å². The molecule has 0 radical (unpaired) electrons. The Morgan fingerprint density at radius 2 is 2.06 bits per heavy atom. The van der Waals surface area contributed by atoms with Gasteiger partial charge in [-0.2, -0.15) is 5.26 Å². The Balaban J connectivity index is 4.36. The molecule has 0 saturated heterocycles. The standard InChI is InChI=1S/C11H19N3O2/c1-5-9(6-12)11(16)14(4)7-8(2)10(15)13-3/h8-9H,5,7H2,1-4H3,(H,13,15). The van der Waals surface area contributed by atoms with Gasteiger partial charge in [-0.15, -0.1) is 0 Å². The van der Waals surface area contributed by atoms with Crippen LogP contribution in [0, 0.1) is 23.2 Å². The van der Waals surface area contributed by atoms with E-state index in [0.29, 0.717) is 13.0 Å². The first-order valence-electron chi connectivity index (χ1n) is 5.34. The maximum absolute atomic E-state index is 11.7. The number of carbonyl (C=O) groups excluding carboxylic acids is 2. The van der Waals surface area contributed by atoms with E-state index in [0.717, 1.165) is 0 Å². The highest BCUT2D eigenvalue weighted by Gasteiger charge is 2.22. The van der Waals surface area contributed by atoms with Gasteiger partial charge in [0.15, 0.2) is 0 Å². The van der Waals surface area contributed by atoms with E-state index >= 15 is 0 Å². The molecule has 0 aliphatic rings. The summed E-state index contributed by atoms with van der Waals surface area (Å²) in [5.41, 5.74) is 0. The fraction of sp³-hybridized carbons (Fsp3) is 0.727. The van der Waals surface area contributed by atoms with Gasteiger partial charge in [0.05, 0.1) is 12.0 Å². The lowest BCUT2D eigenvalue weighted by Crippen LogP contribution is -2.39. The minimum absolute atomic E-state index is 0.107. The summed E-state index contributed by atoms with van der Waals surface area (Å²) in [6, 6.07) is 1.96. The first kappa shape index (κ1) is 14.4. The zero-order valence-corrected chi connectivity index (χ0v) is 10.3. The molecule has 0 saturated carbocycles. The van der Waals surface area contributed by atoms with Crippen molar-refractivity contribution in [1.29, 1.82) is 5.26 Å². The average molecular weight is 225 g/mol. The first-order chi connectivity index (χ1) is 7.47. The van der Waals surface area contributed by atoms with Crippen LogP contribution in [0.15, 0.2) is 0 Å². The molecule has 2 atom stereocenters. The Morgan fingerprint density at radius 1 is 1.50 bits per heavy atom. The zero-order chi connectivity index (χ0) is 12.7. The maximum Gasteiger partial charge on any atom is 0.239 e. The highest BCUT2D eigenvalue weighted by Crippen LogP contribution is 2.07. The van der Waals surface area contributed by atoms with Crippen LogP contribution in [0.5, 0.6) is 0 Å². The smallest absolute Gasteiger partial charge is 0.239 e. The molecule has 0 fully saturated rings. The minimum Gasteiger partial charge on any atom is -0.359 e. The molecule has 0 rings (SSSR count). The van der Waals surface area contributed by atoms with Gasteiger partial charge in [0.1, 0.15) is 5.92 Å². The van der Waals surface area contributed by atoms with Crippen LogP contribution in [0.25, 0.3) is 0 Å². The van der Waals surface area contributed by atoms with Crippen molar-refractivity contribution in [1.82, 2.24) is 10.2 Å². The van der Waals surface area contributed by atoms with Gasteiger partial charge in [0.2, 0.25) is 11.8 Å². The van der Waals surface area contributed by atoms with E-state index in [1.165, 1.54) is 4.90 Å². The van der Waals surface area contributed by atoms with Crippen molar-refractivity contribution in [3.63, 3.8) is 0 Å². The van der Waals surface area contributed by atoms with Crippen LogP contribution in [0.1, 0.15) is 20.3 Å². The second kappa shape index (κ2) is 6.83. The summed E-state index contributed by atoms with van der Waals surface area (Å²) >= 11 is 0. The molecule has 2 unspecified atom stereocenters. The van der Waals surface area contributed by atoms with Gasteiger partial charge in [-0.05, 0) is 6.42 Å². The molecule has 2 amide bonds. The topological polar surface area (TPSA) is 73.2 Å². The van der Waals surface area contributed by atoms with Crippen LogP contribution in [0.4, 0.5) is 0 Å². The SMILES string of the molecule is CCC(C#N)C(=O)N(C)CC(C)C(=O)NC. The highest BCUT2D eigenvalue weighted by molar-refractivity contribution is 5.82. The molecule has 16 heavy (non-hydrogen) atoms. The van der Waals surface area contributed by atoms with Crippen LogP contribution < -0.4 is 5.32 Å². The molecule has 0 aliphatic carbocycles. The minimum atomic E-state index is -0.609. The highest BCUT2D eigenvalue weighted by atomic mass is 16.2. The van der Waals surface area contributed by atoms with Crippen LogP contribution in [0.3, 0.4) is 0 Å². The third-order valence-electron chi connectivity index (χ3n) is 2.48. The average Bonchev–Trinajstić information content (AvgIpc) is 2.29. The lowest BCUT2D eigenvalue weighted by Gasteiger charge is -2.22. The number of rotatable bonds is 5. The first-order valence-corrected chi connectivity index (χ1v) is 5.34. The third kappa shape index (κ3) is 3.89. The van der Waals surface area contributed by atoms with E-state index in [2.05, 4.69) is 5.32 Å². The van der Waals surface area contributed by atoms with Crippen LogP contribution >= 0.6 is 0 Å². The zero-order valence-electron chi connectivity index (χ0n) is 10.3. The Hall–Kier alpha value is -1.57. The van der Waals surface area contributed by atoms with E-state index in [1.54, 1.807) is 27.9 Å². The monoisotopic (exact) mass is 225 g/mol. The van der Waals surface area contributed by atoms with Crippen LogP contribution in [-0.4, -0.2) is 37.4 Å². The largest absolute Gasteiger partial charge is 0.359 e. The predicted octanol–water partition coefficient (Wildman–Crippen LogP) is 0.377. The Morgan fingerprint density at radius 3 is 2.44 bits per heavy atom. The van der Waals surface area contributed by atoms with Crippen LogP contribution in [0.2, 0.25) is 0 Å². The summed E-state index contributed by atoms with van der Waals surface area (Å²) in [5.74, 6) is -1.21. The van der Waals surface area contributed by atoms with Crippen molar-refractivity contribution in [3.8, 4) is 6.07 Å². The molecular formula is C11H19N3O2. The number of nitrogens with one attached hydrogen (secondary N) is 1. The van der Waals surface area contributed by atoms with E-state index in [4.69, 9.17) is 5.26 Å². The normalized spacial score (nSPS) is 13.4. The quantitative estimate of drug-likeness (QED) is 0.735. The molecule has 5 nitrogen and oxygen atoms in total. The molecular weight excluding hydrogens is 206 g/mol. The molecule has 1 N–H and O–H groups in total. The van der Waals surface area contributed by atoms with E-state index in [9.17, 15) is 9.59 Å². The van der Waals surface area contributed by atoms with Crippen molar-refractivity contribution in [2.24, 2.45) is 11.8 Å². The molecule has 90 valence electrons. The maximum atomic E-state index is 11.7. The molecule has 5 heteroatoms. The van der Waals surface area contributed by atoms with Crippen molar-refractivity contribution in [3.05, 3.63) is 0 Å². The Kier molecular flexibility index (Phi) is 6.16. The molecule has 0 aromatic heterocycles. The molecule has 0 spiro atoms. The van der Waals surface area contributed by atoms with Gasteiger partial charge >= 0.3 is 0 Å².